The molecule has 1 heterocycles. The Morgan fingerprint density at radius 3 is 2.38 bits per heavy atom. The summed E-state index contributed by atoms with van der Waals surface area (Å²) >= 11 is 0. The zero-order valence-corrected chi connectivity index (χ0v) is 13.4. The molecule has 0 radical (unpaired) electrons. The number of nitrogens with zero attached hydrogens (tertiary/aromatic N) is 1. The van der Waals surface area contributed by atoms with Crippen LogP contribution in [0.25, 0.3) is 0 Å². The van der Waals surface area contributed by atoms with Gasteiger partial charge in [-0.15, -0.1) is 0 Å². The number of aliphatic hydroxyl groups is 1. The molecule has 0 unspecified atom stereocenters. The smallest absolute Gasteiger partial charge is 0.229 e. The van der Waals surface area contributed by atoms with Gasteiger partial charge in [0.2, 0.25) is 11.8 Å². The molecule has 0 aromatic rings. The Kier molecular flexibility index (Phi) is 4.73. The number of hydrogen-bond acceptors (Lipinski definition) is 4. The Bertz CT molecular complexity index is 406. The summed E-state index contributed by atoms with van der Waals surface area (Å²) in [5.41, 5.74) is -0.0837. The van der Waals surface area contributed by atoms with Crippen molar-refractivity contribution in [1.29, 1.82) is 0 Å². The van der Waals surface area contributed by atoms with E-state index in [1.54, 1.807) is 0 Å². The zero-order valence-electron chi connectivity index (χ0n) is 13.4. The third-order valence-corrected chi connectivity index (χ3v) is 4.75. The monoisotopic (exact) mass is 296 g/mol. The lowest BCUT2D eigenvalue weighted by Gasteiger charge is -2.47. The van der Waals surface area contributed by atoms with Crippen LogP contribution in [0, 0.1) is 11.3 Å². The molecule has 1 saturated carbocycles. The Balaban J connectivity index is 1.93. The fourth-order valence-corrected chi connectivity index (χ4v) is 4.36. The summed E-state index contributed by atoms with van der Waals surface area (Å²) in [6.07, 6.45) is 3.71. The first-order valence-electron chi connectivity index (χ1n) is 7.96. The molecular weight excluding hydrogens is 268 g/mol. The van der Waals surface area contributed by atoms with E-state index in [9.17, 15) is 14.7 Å². The van der Waals surface area contributed by atoms with Crippen LogP contribution in [-0.2, 0) is 9.59 Å². The lowest BCUT2D eigenvalue weighted by atomic mass is 9.64. The predicted octanol–water partition coefficient (Wildman–Crippen LogP) is 1.30. The lowest BCUT2D eigenvalue weighted by Crippen LogP contribution is -2.56. The standard InChI is InChI=1S/C16H28N2O3/c1-12-8-15(2,3)10-16(9-12,11-19)17-6-7-18-13(20)4-5-14(18)21/h12,17,19H,4-11H2,1-3H3/t12-,16-/m0/s1. The quantitative estimate of drug-likeness (QED) is 0.750. The minimum atomic E-state index is -0.285. The first kappa shape index (κ1) is 16.4. The summed E-state index contributed by atoms with van der Waals surface area (Å²) in [6.45, 7) is 7.77. The molecule has 2 rings (SSSR count). The molecule has 5 heteroatoms. The highest BCUT2D eigenvalue weighted by molar-refractivity contribution is 6.01. The number of imide groups is 1. The SMILES string of the molecule is C[C@H]1CC(C)(C)C[C@@](CO)(NCCN2C(=O)CCC2=O)C1. The maximum atomic E-state index is 11.6. The van der Waals surface area contributed by atoms with Gasteiger partial charge in [0.15, 0.2) is 0 Å². The summed E-state index contributed by atoms with van der Waals surface area (Å²) < 4.78 is 0. The molecule has 0 spiro atoms. The van der Waals surface area contributed by atoms with E-state index in [0.717, 1.165) is 12.8 Å². The van der Waals surface area contributed by atoms with Gasteiger partial charge in [-0.1, -0.05) is 20.8 Å². The number of hydrogen-bond donors (Lipinski definition) is 2. The molecule has 0 aromatic carbocycles. The second kappa shape index (κ2) is 6.05. The molecular formula is C16H28N2O3. The van der Waals surface area contributed by atoms with E-state index in [1.165, 1.54) is 11.3 Å². The Hall–Kier alpha value is -0.940. The number of rotatable bonds is 5. The van der Waals surface area contributed by atoms with E-state index in [1.807, 2.05) is 0 Å². The average molecular weight is 296 g/mol. The number of amides is 2. The van der Waals surface area contributed by atoms with Crippen LogP contribution in [0.4, 0.5) is 0 Å². The third kappa shape index (κ3) is 3.83. The van der Waals surface area contributed by atoms with Crippen LogP contribution in [0.15, 0.2) is 0 Å². The lowest BCUT2D eigenvalue weighted by molar-refractivity contribution is -0.138. The summed E-state index contributed by atoms with van der Waals surface area (Å²) in [4.78, 5) is 24.5. The van der Waals surface area contributed by atoms with E-state index >= 15 is 0 Å². The fourth-order valence-electron chi connectivity index (χ4n) is 4.36. The van der Waals surface area contributed by atoms with Crippen LogP contribution in [0.5, 0.6) is 0 Å². The van der Waals surface area contributed by atoms with Crippen LogP contribution in [-0.4, -0.2) is 47.1 Å². The first-order valence-corrected chi connectivity index (χ1v) is 7.96. The highest BCUT2D eigenvalue weighted by atomic mass is 16.3. The van der Waals surface area contributed by atoms with Crippen LogP contribution in [0.3, 0.4) is 0 Å². The molecule has 2 fully saturated rings. The van der Waals surface area contributed by atoms with Crippen molar-refractivity contribution in [2.75, 3.05) is 19.7 Å². The summed E-state index contributed by atoms with van der Waals surface area (Å²) in [7, 11) is 0. The van der Waals surface area contributed by atoms with E-state index < -0.39 is 0 Å². The molecule has 21 heavy (non-hydrogen) atoms. The number of aliphatic hydroxyl groups excluding tert-OH is 1. The third-order valence-electron chi connectivity index (χ3n) is 4.75. The molecule has 5 nitrogen and oxygen atoms in total. The maximum Gasteiger partial charge on any atom is 0.229 e. The molecule has 1 aliphatic carbocycles. The molecule has 2 aliphatic rings. The van der Waals surface area contributed by atoms with Crippen molar-refractivity contribution in [2.24, 2.45) is 11.3 Å². The highest BCUT2D eigenvalue weighted by Crippen LogP contribution is 2.43. The number of carbonyl (C=O) groups is 2. The van der Waals surface area contributed by atoms with Crippen molar-refractivity contribution in [3.8, 4) is 0 Å². The van der Waals surface area contributed by atoms with Gasteiger partial charge in [0, 0.05) is 31.5 Å². The largest absolute Gasteiger partial charge is 0.394 e. The van der Waals surface area contributed by atoms with Gasteiger partial charge < -0.3 is 10.4 Å². The normalized spacial score (nSPS) is 32.8. The Morgan fingerprint density at radius 2 is 1.86 bits per heavy atom. The van der Waals surface area contributed by atoms with E-state index in [0.29, 0.717) is 31.8 Å². The van der Waals surface area contributed by atoms with Gasteiger partial charge in [-0.25, -0.2) is 0 Å². The molecule has 2 N–H and O–H groups in total. The molecule has 1 saturated heterocycles. The maximum absolute atomic E-state index is 11.6. The van der Waals surface area contributed by atoms with E-state index in [2.05, 4.69) is 26.1 Å². The molecule has 120 valence electrons. The van der Waals surface area contributed by atoms with Gasteiger partial charge in [-0.3, -0.25) is 14.5 Å². The van der Waals surface area contributed by atoms with Crippen LogP contribution in [0.2, 0.25) is 0 Å². The van der Waals surface area contributed by atoms with E-state index in [4.69, 9.17) is 0 Å². The molecule has 0 bridgehead atoms. The molecule has 0 aromatic heterocycles. The summed E-state index contributed by atoms with van der Waals surface area (Å²) in [5.74, 6) is 0.415. The van der Waals surface area contributed by atoms with Crippen LogP contribution < -0.4 is 5.32 Å². The minimum Gasteiger partial charge on any atom is -0.394 e. The van der Waals surface area contributed by atoms with Gasteiger partial charge in [0.05, 0.1) is 6.61 Å². The average Bonchev–Trinajstić information content (AvgIpc) is 2.68. The summed E-state index contributed by atoms with van der Waals surface area (Å²) in [5, 5.41) is 13.3. The van der Waals surface area contributed by atoms with Crippen LogP contribution in [0.1, 0.15) is 52.9 Å². The highest BCUT2D eigenvalue weighted by Gasteiger charge is 2.42. The van der Waals surface area contributed by atoms with Crippen molar-refractivity contribution in [1.82, 2.24) is 10.2 Å². The van der Waals surface area contributed by atoms with Gasteiger partial charge in [-0.2, -0.15) is 0 Å². The number of nitrogens with one attached hydrogen (secondary N) is 1. The van der Waals surface area contributed by atoms with Gasteiger partial charge in [0.1, 0.15) is 0 Å². The Morgan fingerprint density at radius 1 is 1.24 bits per heavy atom. The molecule has 2 amide bonds. The van der Waals surface area contributed by atoms with Crippen molar-refractivity contribution >= 4 is 11.8 Å². The van der Waals surface area contributed by atoms with Crippen molar-refractivity contribution < 1.29 is 14.7 Å². The predicted molar refractivity (Wildman–Crippen MR) is 80.6 cm³/mol. The fraction of sp³-hybridized carbons (Fsp3) is 0.875. The Labute approximate surface area is 127 Å². The minimum absolute atomic E-state index is 0.0720. The van der Waals surface area contributed by atoms with Gasteiger partial charge >= 0.3 is 0 Å². The second-order valence-corrected chi connectivity index (χ2v) is 7.66. The topological polar surface area (TPSA) is 69.6 Å². The van der Waals surface area contributed by atoms with Gasteiger partial charge in [0.25, 0.3) is 0 Å². The van der Waals surface area contributed by atoms with Crippen molar-refractivity contribution in [3.05, 3.63) is 0 Å². The van der Waals surface area contributed by atoms with Gasteiger partial charge in [-0.05, 0) is 30.6 Å². The second-order valence-electron chi connectivity index (χ2n) is 7.66. The van der Waals surface area contributed by atoms with Crippen molar-refractivity contribution in [3.63, 3.8) is 0 Å². The van der Waals surface area contributed by atoms with Crippen LogP contribution >= 0.6 is 0 Å². The summed E-state index contributed by atoms with van der Waals surface area (Å²) in [6, 6.07) is 0. The van der Waals surface area contributed by atoms with E-state index in [-0.39, 0.29) is 29.4 Å². The van der Waals surface area contributed by atoms with Crippen molar-refractivity contribution in [2.45, 2.75) is 58.4 Å². The number of carbonyl (C=O) groups excluding carboxylic acids is 2. The zero-order chi connectivity index (χ0) is 15.7. The molecule has 1 aliphatic heterocycles. The molecule has 2 atom stereocenters. The first-order chi connectivity index (χ1) is 9.77. The number of likely N-dealkylation sites (tertiary alicyclic amines) is 1.